The quantitative estimate of drug-likeness (QED) is 0.931. The molecular weight excluding hydrogens is 314 g/mol. The molecule has 0 radical (unpaired) electrons. The molecule has 1 aromatic heterocycles. The summed E-state index contributed by atoms with van der Waals surface area (Å²) in [4.78, 5) is 33.0. The summed E-state index contributed by atoms with van der Waals surface area (Å²) in [6.45, 7) is 6.60. The van der Waals surface area contributed by atoms with Crippen LogP contribution in [0.1, 0.15) is 53.9 Å². The van der Waals surface area contributed by atoms with Gasteiger partial charge in [0.15, 0.2) is 0 Å². The molecule has 0 unspecified atom stereocenters. The van der Waals surface area contributed by atoms with Gasteiger partial charge in [-0.15, -0.1) is 0 Å². The van der Waals surface area contributed by atoms with Crippen LogP contribution < -0.4 is 5.69 Å². The predicted octanol–water partition coefficient (Wildman–Crippen LogP) is 2.86. The number of aromatic amines is 1. The molecule has 3 rings (SSSR count). The number of hydrogen-bond acceptors (Lipinski definition) is 3. The van der Waals surface area contributed by atoms with E-state index >= 15 is 0 Å². The molecule has 2 aromatic rings. The summed E-state index contributed by atoms with van der Waals surface area (Å²) in [6.07, 6.45) is 2.88. The first-order valence-corrected chi connectivity index (χ1v) is 8.95. The monoisotopic (exact) mass is 339 g/mol. The second-order valence-corrected chi connectivity index (χ2v) is 6.69. The lowest BCUT2D eigenvalue weighted by Crippen LogP contribution is -2.40. The lowest BCUT2D eigenvalue weighted by molar-refractivity contribution is -0.134. The van der Waals surface area contributed by atoms with E-state index in [-0.39, 0.29) is 17.6 Å². The van der Waals surface area contributed by atoms with E-state index < -0.39 is 0 Å². The fourth-order valence-corrected chi connectivity index (χ4v) is 3.89. The van der Waals surface area contributed by atoms with Gasteiger partial charge in [-0.1, -0.05) is 31.2 Å². The maximum atomic E-state index is 12.9. The molecule has 132 valence electrons. The number of aromatic nitrogens is 2. The van der Waals surface area contributed by atoms with Gasteiger partial charge < -0.3 is 9.88 Å². The fraction of sp³-hybridized carbons (Fsp3) is 0.450. The minimum absolute atomic E-state index is 0.161. The number of carbonyl (C=O) groups excluding carboxylic acids is 1. The molecule has 1 aromatic carbocycles. The van der Waals surface area contributed by atoms with Gasteiger partial charge in [-0.25, -0.2) is 4.79 Å². The van der Waals surface area contributed by atoms with Crippen molar-refractivity contribution in [1.29, 1.82) is 0 Å². The number of carbonyl (C=O) groups is 1. The van der Waals surface area contributed by atoms with Gasteiger partial charge in [-0.2, -0.15) is 4.98 Å². The van der Waals surface area contributed by atoms with Crippen LogP contribution in [0.2, 0.25) is 0 Å². The zero-order valence-electron chi connectivity index (χ0n) is 15.1. The van der Waals surface area contributed by atoms with Gasteiger partial charge in [-0.05, 0) is 49.8 Å². The minimum atomic E-state index is -0.330. The van der Waals surface area contributed by atoms with Crippen LogP contribution >= 0.6 is 0 Å². The Kier molecular flexibility index (Phi) is 5.02. The van der Waals surface area contributed by atoms with Crippen molar-refractivity contribution in [2.24, 2.45) is 0 Å². The Morgan fingerprint density at radius 1 is 1.32 bits per heavy atom. The highest BCUT2D eigenvalue weighted by Crippen LogP contribution is 2.32. The van der Waals surface area contributed by atoms with Crippen LogP contribution in [0.3, 0.4) is 0 Å². The summed E-state index contributed by atoms with van der Waals surface area (Å²) < 4.78 is 0. The van der Waals surface area contributed by atoms with Crippen LogP contribution in [0, 0.1) is 13.8 Å². The molecule has 2 heterocycles. The van der Waals surface area contributed by atoms with Crippen LogP contribution in [0.5, 0.6) is 0 Å². The van der Waals surface area contributed by atoms with E-state index in [0.717, 1.165) is 30.6 Å². The average molecular weight is 339 g/mol. The van der Waals surface area contributed by atoms with E-state index in [1.165, 1.54) is 11.1 Å². The Hall–Kier alpha value is -2.43. The van der Waals surface area contributed by atoms with Crippen molar-refractivity contribution in [1.82, 2.24) is 14.9 Å². The zero-order chi connectivity index (χ0) is 18.0. The number of H-pyrrole nitrogens is 1. The molecule has 0 fully saturated rings. The topological polar surface area (TPSA) is 66.1 Å². The van der Waals surface area contributed by atoms with Gasteiger partial charge in [0.05, 0.1) is 6.04 Å². The zero-order valence-corrected chi connectivity index (χ0v) is 15.1. The molecule has 25 heavy (non-hydrogen) atoms. The van der Waals surface area contributed by atoms with Gasteiger partial charge in [0, 0.05) is 24.4 Å². The summed E-state index contributed by atoms with van der Waals surface area (Å²) in [7, 11) is 0. The summed E-state index contributed by atoms with van der Waals surface area (Å²) in [5.74, 6) is 0.173. The van der Waals surface area contributed by atoms with E-state index in [0.29, 0.717) is 18.5 Å². The number of aryl methyl sites for hydroxylation is 2. The highest BCUT2D eigenvalue weighted by molar-refractivity contribution is 5.77. The number of rotatable bonds is 4. The molecule has 0 saturated carbocycles. The minimum Gasteiger partial charge on any atom is -0.335 e. The third kappa shape index (κ3) is 3.50. The van der Waals surface area contributed by atoms with Crippen molar-refractivity contribution in [2.45, 2.75) is 52.5 Å². The fourth-order valence-electron chi connectivity index (χ4n) is 3.89. The van der Waals surface area contributed by atoms with E-state index in [1.807, 2.05) is 24.8 Å². The van der Waals surface area contributed by atoms with Crippen LogP contribution in [0.15, 0.2) is 29.1 Å². The smallest absolute Gasteiger partial charge is 0.335 e. The second kappa shape index (κ2) is 7.21. The molecule has 1 N–H and O–H groups in total. The SMILES string of the molecule is CC[C@@H]1c2ccccc2CCN1C(=O)CCc1c(C)nc(=O)[nH]c1C. The number of nitrogens with one attached hydrogen (secondary N) is 1. The number of nitrogens with zero attached hydrogens (tertiary/aromatic N) is 2. The molecule has 1 aliphatic rings. The number of benzene rings is 1. The Bertz CT molecular complexity index is 815. The van der Waals surface area contributed by atoms with E-state index in [9.17, 15) is 9.59 Å². The second-order valence-electron chi connectivity index (χ2n) is 6.69. The highest BCUT2D eigenvalue weighted by Gasteiger charge is 2.29. The summed E-state index contributed by atoms with van der Waals surface area (Å²) >= 11 is 0. The number of hydrogen-bond donors (Lipinski definition) is 1. The Labute approximate surface area is 148 Å². The van der Waals surface area contributed by atoms with Crippen molar-refractivity contribution >= 4 is 5.91 Å². The third-order valence-corrected chi connectivity index (χ3v) is 5.16. The maximum Gasteiger partial charge on any atom is 0.345 e. The van der Waals surface area contributed by atoms with Crippen LogP contribution in [0.25, 0.3) is 0 Å². The molecule has 5 heteroatoms. The molecule has 0 saturated heterocycles. The Balaban J connectivity index is 1.75. The van der Waals surface area contributed by atoms with Crippen molar-refractivity contribution in [3.05, 3.63) is 62.8 Å². The Morgan fingerprint density at radius 2 is 2.08 bits per heavy atom. The molecule has 1 amide bonds. The molecule has 0 bridgehead atoms. The molecule has 0 aliphatic carbocycles. The maximum absolute atomic E-state index is 12.9. The predicted molar refractivity (Wildman–Crippen MR) is 97.5 cm³/mol. The highest BCUT2D eigenvalue weighted by atomic mass is 16.2. The third-order valence-electron chi connectivity index (χ3n) is 5.16. The van der Waals surface area contributed by atoms with Gasteiger partial charge >= 0.3 is 5.69 Å². The van der Waals surface area contributed by atoms with E-state index in [2.05, 4.69) is 35.1 Å². The van der Waals surface area contributed by atoms with Crippen LogP contribution in [0.4, 0.5) is 0 Å². The standard InChI is InChI=1S/C20H25N3O2/c1-4-18-17-8-6-5-7-15(17)11-12-23(18)19(24)10-9-16-13(2)21-20(25)22-14(16)3/h5-8,18H,4,9-12H2,1-3H3,(H,21,22,25)/t18-/m1/s1. The number of fused-ring (bicyclic) bond motifs is 1. The number of amides is 1. The molecule has 1 atom stereocenters. The van der Waals surface area contributed by atoms with Crippen LogP contribution in [-0.4, -0.2) is 27.3 Å². The van der Waals surface area contributed by atoms with Gasteiger partial charge in [0.1, 0.15) is 0 Å². The molecule has 5 nitrogen and oxygen atoms in total. The van der Waals surface area contributed by atoms with Gasteiger partial charge in [0.2, 0.25) is 5.91 Å². The Morgan fingerprint density at radius 3 is 2.80 bits per heavy atom. The lowest BCUT2D eigenvalue weighted by atomic mass is 9.90. The average Bonchev–Trinajstić information content (AvgIpc) is 2.59. The first kappa shape index (κ1) is 17.4. The van der Waals surface area contributed by atoms with E-state index in [4.69, 9.17) is 0 Å². The first-order valence-electron chi connectivity index (χ1n) is 8.95. The molecule has 1 aliphatic heterocycles. The largest absolute Gasteiger partial charge is 0.345 e. The van der Waals surface area contributed by atoms with Crippen molar-refractivity contribution < 1.29 is 4.79 Å². The van der Waals surface area contributed by atoms with Gasteiger partial charge in [-0.3, -0.25) is 4.79 Å². The van der Waals surface area contributed by atoms with Crippen molar-refractivity contribution in [2.75, 3.05) is 6.54 Å². The normalized spacial score (nSPS) is 16.6. The first-order chi connectivity index (χ1) is 12.0. The van der Waals surface area contributed by atoms with Crippen molar-refractivity contribution in [3.63, 3.8) is 0 Å². The molecule has 0 spiro atoms. The van der Waals surface area contributed by atoms with Crippen molar-refractivity contribution in [3.8, 4) is 0 Å². The lowest BCUT2D eigenvalue weighted by Gasteiger charge is -2.37. The van der Waals surface area contributed by atoms with Crippen LogP contribution in [-0.2, 0) is 17.6 Å². The summed E-state index contributed by atoms with van der Waals surface area (Å²) in [5, 5.41) is 0. The van der Waals surface area contributed by atoms with Gasteiger partial charge in [0.25, 0.3) is 0 Å². The summed E-state index contributed by atoms with van der Waals surface area (Å²) in [6, 6.07) is 8.58. The van der Waals surface area contributed by atoms with E-state index in [1.54, 1.807) is 0 Å². The summed E-state index contributed by atoms with van der Waals surface area (Å²) in [5.41, 5.74) is 4.80. The molecular formula is C20H25N3O2.